The van der Waals surface area contributed by atoms with E-state index in [-0.39, 0.29) is 0 Å². The number of tetrazole rings is 1. The second kappa shape index (κ2) is 13.2. The number of hydrogen-bond acceptors (Lipinski definition) is 5. The molecule has 5 aromatic carbocycles. The van der Waals surface area contributed by atoms with Crippen molar-refractivity contribution in [1.82, 2.24) is 39.6 Å². The molecule has 246 valence electrons. The van der Waals surface area contributed by atoms with Gasteiger partial charge in [0.1, 0.15) is 10.6 Å². The molecule has 0 spiro atoms. The first-order chi connectivity index (χ1) is 24.6. The average molecular weight is 675 g/mol. The van der Waals surface area contributed by atoms with Crippen molar-refractivity contribution in [3.8, 4) is 22.5 Å². The van der Waals surface area contributed by atoms with Crippen LogP contribution in [0.4, 0.5) is 0 Å². The van der Waals surface area contributed by atoms with Crippen LogP contribution >= 0.6 is 11.6 Å². The lowest BCUT2D eigenvalue weighted by atomic mass is 9.77. The fourth-order valence-electron chi connectivity index (χ4n) is 6.96. The molecule has 0 aliphatic carbocycles. The molecule has 0 radical (unpaired) electrons. The summed E-state index contributed by atoms with van der Waals surface area (Å²) in [6, 6.07) is 48.3. The van der Waals surface area contributed by atoms with Crippen molar-refractivity contribution in [1.29, 1.82) is 0 Å². The molecule has 3 aromatic heterocycles. The van der Waals surface area contributed by atoms with Crippen LogP contribution in [0.2, 0.25) is 5.02 Å². The zero-order valence-electron chi connectivity index (χ0n) is 27.9. The maximum atomic E-state index is 6.70. The average Bonchev–Trinajstić information content (AvgIpc) is 3.88. The lowest BCUT2D eigenvalue weighted by Crippen LogP contribution is -2.39. The molecule has 9 heteroatoms. The van der Waals surface area contributed by atoms with Gasteiger partial charge in [0.25, 0.3) is 0 Å². The van der Waals surface area contributed by atoms with Gasteiger partial charge >= 0.3 is 0 Å². The van der Waals surface area contributed by atoms with Crippen LogP contribution in [0.3, 0.4) is 0 Å². The molecule has 0 unspecified atom stereocenters. The highest BCUT2D eigenvalue weighted by Gasteiger charge is 2.42. The molecular weight excluding hydrogens is 640 g/mol. The van der Waals surface area contributed by atoms with Crippen LogP contribution < -0.4 is 0 Å². The van der Waals surface area contributed by atoms with Crippen molar-refractivity contribution in [2.24, 2.45) is 0 Å². The third-order valence-corrected chi connectivity index (χ3v) is 9.81. The molecule has 0 aliphatic heterocycles. The third-order valence-electron chi connectivity index (χ3n) is 9.37. The van der Waals surface area contributed by atoms with Crippen LogP contribution in [0.25, 0.3) is 28.2 Å². The van der Waals surface area contributed by atoms with E-state index in [9.17, 15) is 0 Å². The minimum atomic E-state index is -0.848. The highest BCUT2D eigenvalue weighted by Crippen LogP contribution is 2.43. The zero-order chi connectivity index (χ0) is 34.1. The summed E-state index contributed by atoms with van der Waals surface area (Å²) in [6.45, 7) is 4.74. The molecule has 8 aromatic rings. The quantitative estimate of drug-likeness (QED) is 0.136. The maximum absolute atomic E-state index is 6.70. The second-order valence-electron chi connectivity index (χ2n) is 12.4. The molecular formula is C41H35ClN8. The van der Waals surface area contributed by atoms with E-state index in [1.807, 2.05) is 40.5 Å². The van der Waals surface area contributed by atoms with E-state index in [1.165, 1.54) is 0 Å². The lowest BCUT2D eigenvalue weighted by Gasteiger charge is -2.36. The second-order valence-corrected chi connectivity index (χ2v) is 12.8. The smallest absolute Gasteiger partial charge is 0.194 e. The monoisotopic (exact) mass is 674 g/mol. The number of benzene rings is 5. The van der Waals surface area contributed by atoms with Gasteiger partial charge in [0, 0.05) is 12.0 Å². The highest BCUT2D eigenvalue weighted by atomic mass is 35.5. The number of rotatable bonds is 10. The minimum Gasteiger partial charge on any atom is -0.262 e. The van der Waals surface area contributed by atoms with Crippen LogP contribution in [0, 0.1) is 6.92 Å². The van der Waals surface area contributed by atoms with Crippen LogP contribution in [-0.2, 0) is 18.5 Å². The predicted octanol–water partition coefficient (Wildman–Crippen LogP) is 8.65. The molecule has 0 amide bonds. The Morgan fingerprint density at radius 3 is 1.82 bits per heavy atom. The predicted molar refractivity (Wildman–Crippen MR) is 197 cm³/mol. The van der Waals surface area contributed by atoms with Crippen molar-refractivity contribution in [3.05, 3.63) is 178 Å². The lowest BCUT2D eigenvalue weighted by molar-refractivity contribution is 0.451. The summed E-state index contributed by atoms with van der Waals surface area (Å²) in [5.41, 5.74) is 8.08. The van der Waals surface area contributed by atoms with E-state index in [0.717, 1.165) is 63.3 Å². The van der Waals surface area contributed by atoms with Gasteiger partial charge < -0.3 is 0 Å². The summed E-state index contributed by atoms with van der Waals surface area (Å²) >= 11 is 6.70. The standard InChI is InChI=1S/C41H35ClN8/c1-3-15-37-43-40-38(42)29(2)48(50(40)45-37)28-30-24-26-31(27-25-30)35-22-13-14-23-36(35)39-44-46-47-49(39)41(32-16-7-4-8-17-32,33-18-9-5-10-19-33)34-20-11-6-12-21-34/h4-14,16-27H,3,15,28H2,1-2H3. The topological polar surface area (TPSA) is 78.7 Å². The van der Waals surface area contributed by atoms with E-state index in [4.69, 9.17) is 27.0 Å². The SMILES string of the molecule is CCCc1nc2c(Cl)c(C)n(Cc3ccc(-c4ccccc4-c4nnnn4C(c4ccccc4)(c4ccccc4)c4ccccc4)cc3)n2n1. The van der Waals surface area contributed by atoms with Crippen LogP contribution in [0.1, 0.15) is 47.1 Å². The number of hydrogen-bond donors (Lipinski definition) is 0. The Morgan fingerprint density at radius 1 is 0.680 bits per heavy atom. The molecule has 3 heterocycles. The van der Waals surface area contributed by atoms with Gasteiger partial charge in [0.05, 0.1) is 12.2 Å². The normalized spacial score (nSPS) is 11.7. The molecule has 0 saturated carbocycles. The summed E-state index contributed by atoms with van der Waals surface area (Å²) in [4.78, 5) is 4.68. The summed E-state index contributed by atoms with van der Waals surface area (Å²) in [5, 5.41) is 19.2. The van der Waals surface area contributed by atoms with Gasteiger partial charge in [-0.2, -0.15) is 0 Å². The van der Waals surface area contributed by atoms with Gasteiger partial charge in [0.2, 0.25) is 0 Å². The molecule has 0 N–H and O–H groups in total. The van der Waals surface area contributed by atoms with Crippen molar-refractivity contribution < 1.29 is 0 Å². The summed E-state index contributed by atoms with van der Waals surface area (Å²) in [5.74, 6) is 1.47. The van der Waals surface area contributed by atoms with Crippen molar-refractivity contribution in [3.63, 3.8) is 0 Å². The molecule has 0 atom stereocenters. The van der Waals surface area contributed by atoms with Crippen LogP contribution in [0.5, 0.6) is 0 Å². The summed E-state index contributed by atoms with van der Waals surface area (Å²) < 4.78 is 5.90. The fourth-order valence-corrected chi connectivity index (χ4v) is 7.18. The molecule has 0 bridgehead atoms. The Labute approximate surface area is 295 Å². The first-order valence-corrected chi connectivity index (χ1v) is 17.2. The Balaban J connectivity index is 1.23. The minimum absolute atomic E-state index is 0.609. The number of halogens is 1. The molecule has 0 saturated heterocycles. The molecule has 0 aliphatic rings. The Bertz CT molecular complexity index is 2280. The van der Waals surface area contributed by atoms with E-state index in [1.54, 1.807) is 0 Å². The van der Waals surface area contributed by atoms with Gasteiger partial charge in [-0.15, -0.1) is 14.8 Å². The molecule has 8 nitrogen and oxygen atoms in total. The van der Waals surface area contributed by atoms with Crippen LogP contribution in [0.15, 0.2) is 140 Å². The highest BCUT2D eigenvalue weighted by molar-refractivity contribution is 6.34. The van der Waals surface area contributed by atoms with Gasteiger partial charge in [-0.25, -0.2) is 9.67 Å². The van der Waals surface area contributed by atoms with Gasteiger partial charge in [-0.05, 0) is 57.2 Å². The van der Waals surface area contributed by atoms with Gasteiger partial charge in [-0.3, -0.25) is 4.68 Å². The fraction of sp³-hybridized carbons (Fsp3) is 0.146. The molecule has 50 heavy (non-hydrogen) atoms. The Kier molecular flexibility index (Phi) is 8.30. The number of aryl methyl sites for hydroxylation is 1. The Hall–Kier alpha value is -5.86. The van der Waals surface area contributed by atoms with Crippen LogP contribution in [-0.4, -0.2) is 39.6 Å². The first kappa shape index (κ1) is 31.4. The Morgan fingerprint density at radius 2 is 1.24 bits per heavy atom. The number of nitrogens with zero attached hydrogens (tertiary/aromatic N) is 8. The number of aromatic nitrogens is 8. The van der Waals surface area contributed by atoms with E-state index < -0.39 is 5.54 Å². The van der Waals surface area contributed by atoms with E-state index in [2.05, 4.69) is 137 Å². The molecule has 8 rings (SSSR count). The first-order valence-electron chi connectivity index (χ1n) is 16.8. The van der Waals surface area contributed by atoms with E-state index in [0.29, 0.717) is 23.0 Å². The van der Waals surface area contributed by atoms with Gasteiger partial charge in [-0.1, -0.05) is 158 Å². The van der Waals surface area contributed by atoms with Crippen molar-refractivity contribution in [2.45, 2.75) is 38.8 Å². The largest absolute Gasteiger partial charge is 0.262 e. The van der Waals surface area contributed by atoms with E-state index >= 15 is 0 Å². The number of fused-ring (bicyclic) bond motifs is 1. The van der Waals surface area contributed by atoms with Gasteiger partial charge in [0.15, 0.2) is 17.3 Å². The summed E-state index contributed by atoms with van der Waals surface area (Å²) in [7, 11) is 0. The maximum Gasteiger partial charge on any atom is 0.194 e. The van der Waals surface area contributed by atoms with Crippen molar-refractivity contribution in [2.75, 3.05) is 0 Å². The third kappa shape index (κ3) is 5.29. The molecule has 0 fully saturated rings. The zero-order valence-corrected chi connectivity index (χ0v) is 28.6. The summed E-state index contributed by atoms with van der Waals surface area (Å²) in [6.07, 6.45) is 1.79. The van der Waals surface area contributed by atoms with Crippen molar-refractivity contribution >= 4 is 17.2 Å².